The Morgan fingerprint density at radius 2 is 2.20 bits per heavy atom. The predicted octanol–water partition coefficient (Wildman–Crippen LogP) is 3.93. The lowest BCUT2D eigenvalue weighted by atomic mass is 9.77. The van der Waals surface area contributed by atoms with Crippen molar-refractivity contribution in [3.63, 3.8) is 0 Å². The van der Waals surface area contributed by atoms with Gasteiger partial charge in [0.25, 0.3) is 0 Å². The lowest BCUT2D eigenvalue weighted by Gasteiger charge is -2.38. The van der Waals surface area contributed by atoms with Gasteiger partial charge in [-0.15, -0.1) is 0 Å². The smallest absolute Gasteiger partial charge is 0.124 e. The molecule has 20 heavy (non-hydrogen) atoms. The van der Waals surface area contributed by atoms with Gasteiger partial charge in [0, 0.05) is 29.1 Å². The van der Waals surface area contributed by atoms with E-state index in [-0.39, 0.29) is 11.2 Å². The molecule has 4 heteroatoms. The summed E-state index contributed by atoms with van der Waals surface area (Å²) in [5.41, 5.74) is 1.11. The van der Waals surface area contributed by atoms with E-state index in [0.717, 1.165) is 49.1 Å². The molecule has 2 nitrogen and oxygen atoms in total. The minimum Gasteiger partial charge on any atom is -0.381 e. The molecule has 1 aromatic carbocycles. The fraction of sp³-hybridized carbons (Fsp3) is 0.625. The number of hydrogen-bond donors (Lipinski definition) is 1. The largest absolute Gasteiger partial charge is 0.381 e. The van der Waals surface area contributed by atoms with Gasteiger partial charge >= 0.3 is 0 Å². The third-order valence-corrected chi connectivity index (χ3v) is 4.25. The van der Waals surface area contributed by atoms with Crippen molar-refractivity contribution in [1.29, 1.82) is 0 Å². The molecule has 0 aromatic heterocycles. The van der Waals surface area contributed by atoms with Crippen LogP contribution in [-0.4, -0.2) is 25.8 Å². The van der Waals surface area contributed by atoms with Crippen LogP contribution in [0.4, 0.5) is 4.39 Å². The van der Waals surface area contributed by atoms with Crippen molar-refractivity contribution in [1.82, 2.24) is 5.32 Å². The maximum atomic E-state index is 13.5. The van der Waals surface area contributed by atoms with E-state index in [0.29, 0.717) is 6.04 Å². The molecule has 0 spiro atoms. The molecule has 1 saturated heterocycles. The number of ether oxygens (including phenoxy) is 1. The highest BCUT2D eigenvalue weighted by molar-refractivity contribution is 9.10. The van der Waals surface area contributed by atoms with Crippen molar-refractivity contribution >= 4 is 15.9 Å². The Kier molecular flexibility index (Phi) is 5.58. The van der Waals surface area contributed by atoms with E-state index < -0.39 is 0 Å². The summed E-state index contributed by atoms with van der Waals surface area (Å²) in [5, 5.41) is 3.52. The van der Waals surface area contributed by atoms with E-state index in [4.69, 9.17) is 4.74 Å². The molecule has 1 aliphatic rings. The van der Waals surface area contributed by atoms with E-state index >= 15 is 0 Å². The summed E-state index contributed by atoms with van der Waals surface area (Å²) in [6, 6.07) is 5.60. The second kappa shape index (κ2) is 7.01. The van der Waals surface area contributed by atoms with E-state index in [1.165, 1.54) is 6.07 Å². The molecule has 1 atom stereocenters. The molecule has 1 unspecified atom stereocenters. The normalized spacial score (nSPS) is 23.2. The van der Waals surface area contributed by atoms with Gasteiger partial charge in [-0.3, -0.25) is 0 Å². The van der Waals surface area contributed by atoms with Gasteiger partial charge in [-0.2, -0.15) is 0 Å². The Morgan fingerprint density at radius 3 is 2.80 bits per heavy atom. The highest BCUT2D eigenvalue weighted by atomic mass is 79.9. The number of rotatable bonds is 5. The Bertz CT molecular complexity index is 424. The molecule has 0 saturated carbocycles. The zero-order valence-electron chi connectivity index (χ0n) is 12.2. The van der Waals surface area contributed by atoms with Gasteiger partial charge in [0.05, 0.1) is 6.61 Å². The lowest BCUT2D eigenvalue weighted by molar-refractivity contribution is -0.00805. The van der Waals surface area contributed by atoms with Crippen molar-refractivity contribution in [2.75, 3.05) is 19.8 Å². The molecule has 112 valence electrons. The van der Waals surface area contributed by atoms with Crippen LogP contribution < -0.4 is 5.32 Å². The summed E-state index contributed by atoms with van der Waals surface area (Å²) in [5.74, 6) is -0.182. The summed E-state index contributed by atoms with van der Waals surface area (Å²) in [7, 11) is 0. The fourth-order valence-electron chi connectivity index (χ4n) is 2.82. The van der Waals surface area contributed by atoms with Gasteiger partial charge in [0.2, 0.25) is 0 Å². The first kappa shape index (κ1) is 15.9. The van der Waals surface area contributed by atoms with E-state index in [2.05, 4.69) is 35.1 Å². The molecule has 2 rings (SSSR count). The maximum Gasteiger partial charge on any atom is 0.124 e. The van der Waals surface area contributed by atoms with E-state index in [1.807, 2.05) is 6.07 Å². The first-order valence-corrected chi connectivity index (χ1v) is 8.05. The van der Waals surface area contributed by atoms with Crippen LogP contribution in [0.25, 0.3) is 0 Å². The standard InChI is InChI=1S/C16H23BrFNO/c1-12(2)19-10-16(4-3-5-20-11-16)9-13-6-14(17)8-15(18)7-13/h6-8,12,19H,3-5,9-11H2,1-2H3. The van der Waals surface area contributed by atoms with Crippen molar-refractivity contribution in [3.05, 3.63) is 34.1 Å². The van der Waals surface area contributed by atoms with Crippen molar-refractivity contribution in [2.45, 2.75) is 39.2 Å². The lowest BCUT2D eigenvalue weighted by Crippen LogP contribution is -2.44. The molecule has 1 aliphatic heterocycles. The number of nitrogens with one attached hydrogen (secondary N) is 1. The molecule has 0 radical (unpaired) electrons. The minimum absolute atomic E-state index is 0.0791. The monoisotopic (exact) mass is 343 g/mol. The van der Waals surface area contributed by atoms with Crippen LogP contribution >= 0.6 is 15.9 Å². The van der Waals surface area contributed by atoms with Gasteiger partial charge in [0.1, 0.15) is 5.82 Å². The molecular weight excluding hydrogens is 321 g/mol. The molecular formula is C16H23BrFNO. The zero-order valence-corrected chi connectivity index (χ0v) is 13.8. The summed E-state index contributed by atoms with van der Waals surface area (Å²) in [4.78, 5) is 0. The molecule has 1 N–H and O–H groups in total. The Morgan fingerprint density at radius 1 is 1.40 bits per heavy atom. The van der Waals surface area contributed by atoms with Crippen molar-refractivity contribution in [3.8, 4) is 0 Å². The van der Waals surface area contributed by atoms with Crippen LogP contribution in [0.5, 0.6) is 0 Å². The predicted molar refractivity (Wildman–Crippen MR) is 83.4 cm³/mol. The summed E-state index contributed by atoms with van der Waals surface area (Å²) >= 11 is 3.37. The molecule has 0 amide bonds. The van der Waals surface area contributed by atoms with Crippen LogP contribution in [0.15, 0.2) is 22.7 Å². The van der Waals surface area contributed by atoms with Crippen molar-refractivity contribution < 1.29 is 9.13 Å². The van der Waals surface area contributed by atoms with Gasteiger partial charge in [-0.25, -0.2) is 4.39 Å². The highest BCUT2D eigenvalue weighted by Crippen LogP contribution is 2.33. The number of benzene rings is 1. The van der Waals surface area contributed by atoms with Crippen LogP contribution in [0.3, 0.4) is 0 Å². The average molecular weight is 344 g/mol. The average Bonchev–Trinajstić information content (AvgIpc) is 2.36. The van der Waals surface area contributed by atoms with Crippen LogP contribution in [0, 0.1) is 11.2 Å². The topological polar surface area (TPSA) is 21.3 Å². The molecule has 1 heterocycles. The number of hydrogen-bond acceptors (Lipinski definition) is 2. The van der Waals surface area contributed by atoms with Gasteiger partial charge in [-0.05, 0) is 43.0 Å². The Labute approximate surface area is 129 Å². The van der Waals surface area contributed by atoms with E-state index in [9.17, 15) is 4.39 Å². The third-order valence-electron chi connectivity index (χ3n) is 3.79. The van der Waals surface area contributed by atoms with Crippen molar-refractivity contribution in [2.24, 2.45) is 5.41 Å². The van der Waals surface area contributed by atoms with E-state index in [1.54, 1.807) is 6.07 Å². The highest BCUT2D eigenvalue weighted by Gasteiger charge is 2.33. The second-order valence-corrected chi connectivity index (χ2v) is 7.06. The maximum absolute atomic E-state index is 13.5. The van der Waals surface area contributed by atoms with Crippen LogP contribution in [-0.2, 0) is 11.2 Å². The summed E-state index contributed by atoms with van der Waals surface area (Å²) < 4.78 is 20.1. The van der Waals surface area contributed by atoms with Gasteiger partial charge < -0.3 is 10.1 Å². The van der Waals surface area contributed by atoms with Crippen LogP contribution in [0.1, 0.15) is 32.3 Å². The summed E-state index contributed by atoms with van der Waals surface area (Å²) in [6.45, 7) is 6.81. The van der Waals surface area contributed by atoms with Gasteiger partial charge in [0.15, 0.2) is 0 Å². The Hall–Kier alpha value is -0.450. The molecule has 0 bridgehead atoms. The quantitative estimate of drug-likeness (QED) is 0.874. The fourth-order valence-corrected chi connectivity index (χ4v) is 3.33. The molecule has 1 aromatic rings. The minimum atomic E-state index is -0.182. The molecule has 1 fully saturated rings. The second-order valence-electron chi connectivity index (χ2n) is 6.15. The SMILES string of the molecule is CC(C)NCC1(Cc2cc(F)cc(Br)c2)CCCOC1. The molecule has 0 aliphatic carbocycles. The third kappa shape index (κ3) is 4.54. The zero-order chi connectivity index (χ0) is 14.6. The first-order valence-electron chi connectivity index (χ1n) is 7.25. The number of halogens is 2. The summed E-state index contributed by atoms with van der Waals surface area (Å²) in [6.07, 6.45) is 3.06. The Balaban J connectivity index is 2.13. The van der Waals surface area contributed by atoms with Crippen LogP contribution in [0.2, 0.25) is 0 Å². The van der Waals surface area contributed by atoms with Gasteiger partial charge in [-0.1, -0.05) is 29.8 Å². The first-order chi connectivity index (χ1) is 9.49.